The van der Waals surface area contributed by atoms with E-state index >= 15 is 0 Å². The van der Waals surface area contributed by atoms with Gasteiger partial charge < -0.3 is 10.2 Å². The highest BCUT2D eigenvalue weighted by atomic mass is 16.4. The summed E-state index contributed by atoms with van der Waals surface area (Å²) in [6.07, 6.45) is 0. The van der Waals surface area contributed by atoms with Gasteiger partial charge in [0.2, 0.25) is 11.5 Å². The number of benzene rings is 2. The van der Waals surface area contributed by atoms with Crippen LogP contribution in [0.3, 0.4) is 0 Å². The average molecular weight is 337 g/mol. The molecule has 2 rings (SSSR count). The Hall–Kier alpha value is -3.99. The van der Waals surface area contributed by atoms with Crippen molar-refractivity contribution in [2.75, 3.05) is 5.43 Å². The normalized spacial score (nSPS) is 10.6. The first-order valence-electron chi connectivity index (χ1n) is 6.87. The molecule has 0 aliphatic heterocycles. The highest BCUT2D eigenvalue weighted by molar-refractivity contribution is 6.51. The lowest BCUT2D eigenvalue weighted by Gasteiger charge is -2.05. The van der Waals surface area contributed by atoms with Crippen molar-refractivity contribution in [3.05, 3.63) is 65.2 Å². The van der Waals surface area contributed by atoms with Gasteiger partial charge in [0, 0.05) is 5.56 Å². The van der Waals surface area contributed by atoms with Crippen LogP contribution in [0.5, 0.6) is 0 Å². The lowest BCUT2D eigenvalue weighted by molar-refractivity contribution is 0.0696. The predicted octanol–water partition coefficient (Wildman–Crippen LogP) is 2.26. The molecule has 3 N–H and O–H groups in total. The molecule has 0 amide bonds. The number of rotatable bonds is 6. The molecule has 0 saturated carbocycles. The molecule has 0 aliphatic carbocycles. The lowest BCUT2D eigenvalue weighted by atomic mass is 10.1. The fourth-order valence-corrected chi connectivity index (χ4v) is 1.91. The van der Waals surface area contributed by atoms with Gasteiger partial charge in [0.25, 0.3) is 0 Å². The molecule has 0 aliphatic rings. The third-order valence-electron chi connectivity index (χ3n) is 3.08. The number of carboxylic acid groups (broad SMARTS) is 2. The van der Waals surface area contributed by atoms with Gasteiger partial charge in [-0.1, -0.05) is 30.3 Å². The van der Waals surface area contributed by atoms with E-state index in [9.17, 15) is 14.4 Å². The van der Waals surface area contributed by atoms with Gasteiger partial charge in [-0.15, -0.1) is 0 Å². The SMILES string of the molecule is N#CC(=NNc1cc(C(=O)O)cc(C(=O)O)c1)C(=O)c1ccccc1. The van der Waals surface area contributed by atoms with Crippen LogP contribution in [0, 0.1) is 11.3 Å². The molecule has 0 radical (unpaired) electrons. The number of nitriles is 1. The second kappa shape index (κ2) is 7.52. The van der Waals surface area contributed by atoms with Gasteiger partial charge in [-0.2, -0.15) is 10.4 Å². The Balaban J connectivity index is 2.33. The minimum atomic E-state index is -1.32. The molecule has 8 heteroatoms. The molecule has 2 aromatic rings. The predicted molar refractivity (Wildman–Crippen MR) is 87.8 cm³/mol. The van der Waals surface area contributed by atoms with Crippen LogP contribution in [0.4, 0.5) is 5.69 Å². The standard InChI is InChI=1S/C17H11N3O5/c18-9-14(15(21)10-4-2-1-3-5-10)20-19-13-7-11(16(22)23)6-12(8-13)17(24)25/h1-8,19H,(H,22,23)(H,24,25). The van der Waals surface area contributed by atoms with Crippen molar-refractivity contribution < 1.29 is 24.6 Å². The fraction of sp³-hybridized carbons (Fsp3) is 0. The van der Waals surface area contributed by atoms with Gasteiger partial charge >= 0.3 is 11.9 Å². The topological polar surface area (TPSA) is 140 Å². The van der Waals surface area contributed by atoms with E-state index in [2.05, 4.69) is 10.5 Å². The van der Waals surface area contributed by atoms with E-state index in [0.29, 0.717) is 0 Å². The van der Waals surface area contributed by atoms with Gasteiger partial charge in [-0.3, -0.25) is 10.2 Å². The zero-order chi connectivity index (χ0) is 18.4. The van der Waals surface area contributed by atoms with E-state index in [0.717, 1.165) is 18.2 Å². The molecule has 0 bridgehead atoms. The van der Waals surface area contributed by atoms with Crippen LogP contribution in [-0.4, -0.2) is 33.6 Å². The van der Waals surface area contributed by atoms with Crippen molar-refractivity contribution in [1.82, 2.24) is 0 Å². The Morgan fingerprint density at radius 1 is 0.920 bits per heavy atom. The second-order valence-corrected chi connectivity index (χ2v) is 4.79. The first kappa shape index (κ1) is 17.4. The van der Waals surface area contributed by atoms with Crippen molar-refractivity contribution >= 4 is 29.1 Å². The number of carboxylic acids is 2. The van der Waals surface area contributed by atoms with Crippen LogP contribution in [0.15, 0.2) is 53.6 Å². The Labute approximate surface area is 141 Å². The minimum Gasteiger partial charge on any atom is -0.478 e. The first-order chi connectivity index (χ1) is 11.9. The van der Waals surface area contributed by atoms with Crippen molar-refractivity contribution in [1.29, 1.82) is 5.26 Å². The molecular formula is C17H11N3O5. The number of ketones is 1. The highest BCUT2D eigenvalue weighted by Crippen LogP contribution is 2.16. The van der Waals surface area contributed by atoms with Crippen LogP contribution in [0.1, 0.15) is 31.1 Å². The maximum atomic E-state index is 12.2. The molecule has 0 fully saturated rings. The maximum absolute atomic E-state index is 12.2. The number of carbonyl (C=O) groups is 3. The van der Waals surface area contributed by atoms with E-state index < -0.39 is 23.4 Å². The van der Waals surface area contributed by atoms with Gasteiger partial charge in [0.15, 0.2) is 0 Å². The molecule has 0 atom stereocenters. The molecule has 0 heterocycles. The second-order valence-electron chi connectivity index (χ2n) is 4.79. The van der Waals surface area contributed by atoms with Crippen LogP contribution >= 0.6 is 0 Å². The first-order valence-corrected chi connectivity index (χ1v) is 6.87. The van der Waals surface area contributed by atoms with Crippen molar-refractivity contribution in [2.45, 2.75) is 0 Å². The molecule has 0 saturated heterocycles. The Morgan fingerprint density at radius 3 is 1.96 bits per heavy atom. The summed E-state index contributed by atoms with van der Waals surface area (Å²) in [4.78, 5) is 34.3. The van der Waals surface area contributed by atoms with Crippen LogP contribution in [0.25, 0.3) is 0 Å². The van der Waals surface area contributed by atoms with Crippen LogP contribution in [-0.2, 0) is 0 Å². The summed E-state index contributed by atoms with van der Waals surface area (Å²) in [6.45, 7) is 0. The molecule has 8 nitrogen and oxygen atoms in total. The monoisotopic (exact) mass is 337 g/mol. The number of aromatic carboxylic acids is 2. The molecular weight excluding hydrogens is 326 g/mol. The molecule has 0 aromatic heterocycles. The van der Waals surface area contributed by atoms with Crippen LogP contribution < -0.4 is 5.43 Å². The number of anilines is 1. The average Bonchev–Trinajstić information content (AvgIpc) is 2.62. The number of hydrogen-bond donors (Lipinski definition) is 3. The van der Waals surface area contributed by atoms with E-state index in [4.69, 9.17) is 15.5 Å². The number of carbonyl (C=O) groups excluding carboxylic acids is 1. The van der Waals surface area contributed by atoms with Gasteiger partial charge in [-0.25, -0.2) is 9.59 Å². The molecule has 0 spiro atoms. The minimum absolute atomic E-state index is 0.0194. The molecule has 2 aromatic carbocycles. The Bertz CT molecular complexity index is 881. The Kier molecular flexibility index (Phi) is 5.22. The number of nitrogens with zero attached hydrogens (tertiary/aromatic N) is 2. The van der Waals surface area contributed by atoms with E-state index in [1.807, 2.05) is 0 Å². The number of Topliss-reactive ketones (excluding diaryl/α,β-unsaturated/α-hetero) is 1. The van der Waals surface area contributed by atoms with Gasteiger partial charge in [-0.05, 0) is 18.2 Å². The van der Waals surface area contributed by atoms with E-state index in [-0.39, 0.29) is 22.4 Å². The third-order valence-corrected chi connectivity index (χ3v) is 3.08. The molecule has 124 valence electrons. The quantitative estimate of drug-likeness (QED) is 0.417. The van der Waals surface area contributed by atoms with Gasteiger partial charge in [0.1, 0.15) is 6.07 Å². The summed E-state index contributed by atoms with van der Waals surface area (Å²) < 4.78 is 0. The van der Waals surface area contributed by atoms with E-state index in [1.165, 1.54) is 12.1 Å². The van der Waals surface area contributed by atoms with Gasteiger partial charge in [0.05, 0.1) is 16.8 Å². The van der Waals surface area contributed by atoms with Crippen molar-refractivity contribution in [3.8, 4) is 6.07 Å². The number of hydrazone groups is 1. The lowest BCUT2D eigenvalue weighted by Crippen LogP contribution is -2.14. The zero-order valence-electron chi connectivity index (χ0n) is 12.6. The highest BCUT2D eigenvalue weighted by Gasteiger charge is 2.15. The summed E-state index contributed by atoms with van der Waals surface area (Å²) in [6, 6.07) is 12.9. The maximum Gasteiger partial charge on any atom is 0.335 e. The van der Waals surface area contributed by atoms with Crippen molar-refractivity contribution in [2.24, 2.45) is 5.10 Å². The number of nitrogens with one attached hydrogen (secondary N) is 1. The zero-order valence-corrected chi connectivity index (χ0v) is 12.6. The largest absolute Gasteiger partial charge is 0.478 e. The molecule has 25 heavy (non-hydrogen) atoms. The smallest absolute Gasteiger partial charge is 0.335 e. The summed E-state index contributed by atoms with van der Waals surface area (Å²) in [5.74, 6) is -3.27. The summed E-state index contributed by atoms with van der Waals surface area (Å²) >= 11 is 0. The Morgan fingerprint density at radius 2 is 1.48 bits per heavy atom. The van der Waals surface area contributed by atoms with Crippen LogP contribution in [0.2, 0.25) is 0 Å². The fourth-order valence-electron chi connectivity index (χ4n) is 1.91. The number of hydrogen-bond acceptors (Lipinski definition) is 6. The van der Waals surface area contributed by atoms with E-state index in [1.54, 1.807) is 24.3 Å². The third kappa shape index (κ3) is 4.27. The van der Waals surface area contributed by atoms with Crippen molar-refractivity contribution in [3.63, 3.8) is 0 Å². The summed E-state index contributed by atoms with van der Waals surface area (Å²) in [5.41, 5.74) is 1.63. The summed E-state index contributed by atoms with van der Waals surface area (Å²) in [5, 5.41) is 30.8. The molecule has 0 unspecified atom stereocenters. The summed E-state index contributed by atoms with van der Waals surface area (Å²) in [7, 11) is 0.